The summed E-state index contributed by atoms with van der Waals surface area (Å²) < 4.78 is 7.24. The average Bonchev–Trinajstić information content (AvgIpc) is 2.93. The lowest BCUT2D eigenvalue weighted by Crippen LogP contribution is -2.18. The molecule has 0 atom stereocenters. The summed E-state index contributed by atoms with van der Waals surface area (Å²) in [7, 11) is 1.69. The Morgan fingerprint density at radius 2 is 2.00 bits per heavy atom. The van der Waals surface area contributed by atoms with E-state index in [0.717, 1.165) is 38.2 Å². The molecule has 1 N–H and O–H groups in total. The van der Waals surface area contributed by atoms with Gasteiger partial charge in [-0.2, -0.15) is 5.10 Å². The number of methoxy groups -OCH3 is 1. The summed E-state index contributed by atoms with van der Waals surface area (Å²) in [4.78, 5) is 0. The van der Waals surface area contributed by atoms with E-state index in [1.807, 2.05) is 18.3 Å². The van der Waals surface area contributed by atoms with Gasteiger partial charge in [-0.15, -0.1) is 0 Å². The summed E-state index contributed by atoms with van der Waals surface area (Å²) in [6.07, 6.45) is 4.00. The van der Waals surface area contributed by atoms with Gasteiger partial charge < -0.3 is 10.1 Å². The van der Waals surface area contributed by atoms with Crippen molar-refractivity contribution in [3.63, 3.8) is 0 Å². The van der Waals surface area contributed by atoms with Crippen LogP contribution < -0.4 is 10.1 Å². The number of aryl methyl sites for hydroxylation is 2. The van der Waals surface area contributed by atoms with Crippen LogP contribution in [0.3, 0.4) is 0 Å². The second-order valence-corrected chi connectivity index (χ2v) is 4.82. The Labute approximate surface area is 120 Å². The van der Waals surface area contributed by atoms with Crippen molar-refractivity contribution in [1.29, 1.82) is 0 Å². The van der Waals surface area contributed by atoms with Crippen LogP contribution in [0.5, 0.6) is 5.75 Å². The first-order valence-corrected chi connectivity index (χ1v) is 7.18. The lowest BCUT2D eigenvalue weighted by atomic mass is 10.1. The molecule has 0 amide bonds. The van der Waals surface area contributed by atoms with E-state index >= 15 is 0 Å². The van der Waals surface area contributed by atoms with Gasteiger partial charge in [0.1, 0.15) is 5.75 Å². The molecule has 0 bridgehead atoms. The number of hydrogen-bond acceptors (Lipinski definition) is 3. The molecule has 108 valence electrons. The molecule has 0 saturated carbocycles. The van der Waals surface area contributed by atoms with Crippen molar-refractivity contribution in [3.8, 4) is 5.75 Å². The highest BCUT2D eigenvalue weighted by Crippen LogP contribution is 2.12. The molecule has 0 saturated heterocycles. The minimum Gasteiger partial charge on any atom is -0.497 e. The van der Waals surface area contributed by atoms with Crippen LogP contribution in [0, 0.1) is 0 Å². The number of rotatable bonds is 8. The second-order valence-electron chi connectivity index (χ2n) is 4.82. The van der Waals surface area contributed by atoms with Gasteiger partial charge in [-0.1, -0.05) is 19.1 Å². The van der Waals surface area contributed by atoms with Crippen LogP contribution in [0.1, 0.15) is 24.6 Å². The molecule has 0 unspecified atom stereocenters. The minimum atomic E-state index is 0.885. The number of ether oxygens (including phenoxy) is 1. The van der Waals surface area contributed by atoms with Gasteiger partial charge in [-0.05, 0) is 43.1 Å². The first-order valence-electron chi connectivity index (χ1n) is 7.18. The molecule has 4 nitrogen and oxygen atoms in total. The predicted octanol–water partition coefficient (Wildman–Crippen LogP) is 2.63. The Morgan fingerprint density at radius 1 is 1.20 bits per heavy atom. The quantitative estimate of drug-likeness (QED) is 0.752. The normalized spacial score (nSPS) is 10.7. The van der Waals surface area contributed by atoms with E-state index in [0.29, 0.717) is 0 Å². The van der Waals surface area contributed by atoms with Gasteiger partial charge in [0, 0.05) is 19.3 Å². The van der Waals surface area contributed by atoms with Crippen molar-refractivity contribution >= 4 is 0 Å². The summed E-state index contributed by atoms with van der Waals surface area (Å²) in [5.41, 5.74) is 2.54. The van der Waals surface area contributed by atoms with Crippen LogP contribution in [0.15, 0.2) is 36.5 Å². The molecule has 4 heteroatoms. The molecule has 0 aliphatic carbocycles. The number of nitrogens with one attached hydrogen (secondary N) is 1. The third-order valence-corrected chi connectivity index (χ3v) is 3.31. The average molecular weight is 273 g/mol. The van der Waals surface area contributed by atoms with Crippen LogP contribution in [0.4, 0.5) is 0 Å². The maximum Gasteiger partial charge on any atom is 0.118 e. The number of benzene rings is 1. The summed E-state index contributed by atoms with van der Waals surface area (Å²) >= 11 is 0. The summed E-state index contributed by atoms with van der Waals surface area (Å²) in [6, 6.07) is 10.3. The summed E-state index contributed by atoms with van der Waals surface area (Å²) in [5.74, 6) is 0.900. The van der Waals surface area contributed by atoms with Gasteiger partial charge in [-0.25, -0.2) is 0 Å². The van der Waals surface area contributed by atoms with E-state index in [4.69, 9.17) is 4.74 Å². The van der Waals surface area contributed by atoms with Crippen LogP contribution >= 0.6 is 0 Å². The molecular weight excluding hydrogens is 250 g/mol. The number of hydrogen-bond donors (Lipinski definition) is 1. The number of nitrogens with zero attached hydrogens (tertiary/aromatic N) is 2. The minimum absolute atomic E-state index is 0.885. The molecule has 20 heavy (non-hydrogen) atoms. The van der Waals surface area contributed by atoms with Gasteiger partial charge in [-0.3, -0.25) is 4.68 Å². The zero-order valence-corrected chi connectivity index (χ0v) is 12.3. The number of aromatic nitrogens is 2. The van der Waals surface area contributed by atoms with E-state index in [9.17, 15) is 0 Å². The van der Waals surface area contributed by atoms with E-state index in [1.165, 1.54) is 11.3 Å². The topological polar surface area (TPSA) is 39.1 Å². The molecule has 2 aromatic rings. The van der Waals surface area contributed by atoms with Crippen molar-refractivity contribution < 1.29 is 4.74 Å². The largest absolute Gasteiger partial charge is 0.497 e. The Bertz CT molecular complexity index is 505. The SMILES string of the molecule is CCCNCc1ccnn1CCc1ccc(OC)cc1. The van der Waals surface area contributed by atoms with Crippen molar-refractivity contribution in [2.75, 3.05) is 13.7 Å². The fourth-order valence-corrected chi connectivity index (χ4v) is 2.13. The van der Waals surface area contributed by atoms with Crippen LogP contribution in [-0.2, 0) is 19.5 Å². The van der Waals surface area contributed by atoms with E-state index in [2.05, 4.69) is 40.2 Å². The first kappa shape index (κ1) is 14.6. The van der Waals surface area contributed by atoms with Crippen LogP contribution in [-0.4, -0.2) is 23.4 Å². The molecule has 1 aromatic heterocycles. The van der Waals surface area contributed by atoms with Crippen LogP contribution in [0.2, 0.25) is 0 Å². The molecule has 0 aliphatic rings. The molecule has 1 heterocycles. The highest BCUT2D eigenvalue weighted by molar-refractivity contribution is 5.27. The van der Waals surface area contributed by atoms with Gasteiger partial charge in [0.05, 0.1) is 12.8 Å². The third kappa shape index (κ3) is 4.10. The Balaban J connectivity index is 1.88. The highest BCUT2D eigenvalue weighted by atomic mass is 16.5. The maximum atomic E-state index is 5.17. The zero-order chi connectivity index (χ0) is 14.2. The van der Waals surface area contributed by atoms with Crippen LogP contribution in [0.25, 0.3) is 0 Å². The van der Waals surface area contributed by atoms with Gasteiger partial charge in [0.15, 0.2) is 0 Å². The van der Waals surface area contributed by atoms with Gasteiger partial charge in [0.25, 0.3) is 0 Å². The molecular formula is C16H23N3O. The van der Waals surface area contributed by atoms with Crippen molar-refractivity contribution in [3.05, 3.63) is 47.8 Å². The van der Waals surface area contributed by atoms with Crippen molar-refractivity contribution in [2.45, 2.75) is 32.9 Å². The van der Waals surface area contributed by atoms with E-state index in [-0.39, 0.29) is 0 Å². The van der Waals surface area contributed by atoms with Gasteiger partial charge >= 0.3 is 0 Å². The fraction of sp³-hybridized carbons (Fsp3) is 0.438. The fourth-order valence-electron chi connectivity index (χ4n) is 2.13. The standard InChI is InChI=1S/C16H23N3O/c1-3-10-17-13-15-8-11-18-19(15)12-9-14-4-6-16(20-2)7-5-14/h4-8,11,17H,3,9-10,12-13H2,1-2H3. The summed E-state index contributed by atoms with van der Waals surface area (Å²) in [6.45, 7) is 5.01. The molecule has 2 rings (SSSR count). The smallest absolute Gasteiger partial charge is 0.118 e. The maximum absolute atomic E-state index is 5.17. The predicted molar refractivity (Wildman–Crippen MR) is 80.9 cm³/mol. The second kappa shape index (κ2) is 7.70. The van der Waals surface area contributed by atoms with Crippen molar-refractivity contribution in [1.82, 2.24) is 15.1 Å². The Hall–Kier alpha value is -1.81. The molecule has 0 radical (unpaired) electrons. The molecule has 0 aliphatic heterocycles. The zero-order valence-electron chi connectivity index (χ0n) is 12.3. The summed E-state index contributed by atoms with van der Waals surface area (Å²) in [5, 5.41) is 7.81. The first-order chi connectivity index (χ1) is 9.83. The molecule has 1 aromatic carbocycles. The monoisotopic (exact) mass is 273 g/mol. The van der Waals surface area contributed by atoms with Crippen molar-refractivity contribution in [2.24, 2.45) is 0 Å². The van der Waals surface area contributed by atoms with E-state index in [1.54, 1.807) is 7.11 Å². The molecule has 0 spiro atoms. The van der Waals surface area contributed by atoms with E-state index < -0.39 is 0 Å². The Kier molecular flexibility index (Phi) is 5.62. The third-order valence-electron chi connectivity index (χ3n) is 3.31. The van der Waals surface area contributed by atoms with Gasteiger partial charge in [0.2, 0.25) is 0 Å². The lowest BCUT2D eigenvalue weighted by molar-refractivity contribution is 0.414. The molecule has 0 fully saturated rings. The Morgan fingerprint density at radius 3 is 2.70 bits per heavy atom. The lowest BCUT2D eigenvalue weighted by Gasteiger charge is -2.09. The highest BCUT2D eigenvalue weighted by Gasteiger charge is 2.02.